The predicted octanol–water partition coefficient (Wildman–Crippen LogP) is 1.53. The minimum absolute atomic E-state index is 0.161. The van der Waals surface area contributed by atoms with Crippen molar-refractivity contribution >= 4 is 16.6 Å². The van der Waals surface area contributed by atoms with Crippen LogP contribution in [-0.2, 0) is 6.42 Å². The molecule has 0 bridgehead atoms. The van der Waals surface area contributed by atoms with E-state index in [1.54, 1.807) is 0 Å². The molecule has 20 heavy (non-hydrogen) atoms. The van der Waals surface area contributed by atoms with Crippen molar-refractivity contribution in [3.8, 4) is 0 Å². The van der Waals surface area contributed by atoms with Gasteiger partial charge in [0.2, 0.25) is 0 Å². The Morgan fingerprint density at radius 1 is 1.50 bits per heavy atom. The molecule has 0 aliphatic rings. The highest BCUT2D eigenvalue weighted by atomic mass is 16.6. The molecular formula is C13H15N3O4. The summed E-state index contributed by atoms with van der Waals surface area (Å²) in [4.78, 5) is 28.6. The van der Waals surface area contributed by atoms with E-state index < -0.39 is 16.6 Å². The van der Waals surface area contributed by atoms with Crippen molar-refractivity contribution in [1.82, 2.24) is 9.97 Å². The third kappa shape index (κ3) is 2.83. The Kier molecular flexibility index (Phi) is 4.09. The molecule has 0 amide bonds. The Labute approximate surface area is 114 Å². The summed E-state index contributed by atoms with van der Waals surface area (Å²) >= 11 is 0. The summed E-state index contributed by atoms with van der Waals surface area (Å²) in [7, 11) is 0. The molecule has 0 saturated carbocycles. The van der Waals surface area contributed by atoms with Gasteiger partial charge in [-0.15, -0.1) is 0 Å². The molecule has 0 radical (unpaired) electrons. The number of hydrogen-bond acceptors (Lipinski definition) is 5. The number of nitro groups is 1. The number of benzene rings is 1. The number of H-pyrrole nitrogens is 1. The summed E-state index contributed by atoms with van der Waals surface area (Å²) in [6.07, 6.45) is 2.15. The Morgan fingerprint density at radius 2 is 2.25 bits per heavy atom. The summed E-state index contributed by atoms with van der Waals surface area (Å²) in [5.74, 6) is 0. The van der Waals surface area contributed by atoms with Crippen LogP contribution in [0.4, 0.5) is 5.69 Å². The highest BCUT2D eigenvalue weighted by molar-refractivity contribution is 5.81. The Balaban J connectivity index is 2.54. The van der Waals surface area contributed by atoms with Gasteiger partial charge < -0.3 is 10.1 Å². The second kappa shape index (κ2) is 5.79. The molecule has 1 heterocycles. The Bertz CT molecular complexity index is 696. The van der Waals surface area contributed by atoms with Crippen LogP contribution in [0.25, 0.3) is 10.9 Å². The zero-order valence-corrected chi connectivity index (χ0v) is 11.0. The molecule has 1 aromatic carbocycles. The van der Waals surface area contributed by atoms with E-state index in [0.717, 1.165) is 6.42 Å². The number of hydrogen-bond donors (Lipinski definition) is 2. The average molecular weight is 277 g/mol. The van der Waals surface area contributed by atoms with Crippen LogP contribution in [0.1, 0.15) is 25.3 Å². The first-order valence-corrected chi connectivity index (χ1v) is 6.35. The number of nitrogens with zero attached hydrogens (tertiary/aromatic N) is 2. The molecule has 0 saturated heterocycles. The van der Waals surface area contributed by atoms with Gasteiger partial charge in [-0.3, -0.25) is 14.9 Å². The maximum Gasteiger partial charge on any atom is 0.273 e. The van der Waals surface area contributed by atoms with Crippen molar-refractivity contribution in [3.63, 3.8) is 0 Å². The number of aromatic nitrogens is 2. The molecular weight excluding hydrogens is 262 g/mol. The molecule has 1 aromatic heterocycles. The maximum atomic E-state index is 11.6. The third-order valence-electron chi connectivity index (χ3n) is 3.11. The van der Waals surface area contributed by atoms with Crippen LogP contribution in [0.5, 0.6) is 0 Å². The van der Waals surface area contributed by atoms with E-state index in [0.29, 0.717) is 17.5 Å². The van der Waals surface area contributed by atoms with Crippen LogP contribution in [-0.4, -0.2) is 26.1 Å². The molecule has 7 heteroatoms. The normalized spacial score (nSPS) is 12.5. The van der Waals surface area contributed by atoms with E-state index in [2.05, 4.69) is 9.97 Å². The van der Waals surface area contributed by atoms with Crippen LogP contribution < -0.4 is 5.56 Å². The van der Waals surface area contributed by atoms with Gasteiger partial charge in [-0.05, 0) is 12.5 Å². The Morgan fingerprint density at radius 3 is 2.90 bits per heavy atom. The van der Waals surface area contributed by atoms with Crippen molar-refractivity contribution in [1.29, 1.82) is 0 Å². The minimum Gasteiger partial charge on any atom is -0.393 e. The molecule has 1 unspecified atom stereocenters. The lowest BCUT2D eigenvalue weighted by molar-refractivity contribution is -0.385. The zero-order chi connectivity index (χ0) is 14.7. The summed E-state index contributed by atoms with van der Waals surface area (Å²) in [5.41, 5.74) is 0.199. The van der Waals surface area contributed by atoms with Crippen molar-refractivity contribution in [2.45, 2.75) is 32.3 Å². The van der Waals surface area contributed by atoms with E-state index in [4.69, 9.17) is 0 Å². The van der Waals surface area contributed by atoms with Gasteiger partial charge in [0.05, 0.1) is 28.3 Å². The number of aliphatic hydroxyl groups is 1. The van der Waals surface area contributed by atoms with Gasteiger partial charge in [-0.25, -0.2) is 4.98 Å². The SMILES string of the molecule is CCCC(O)Cc1cc2nc[nH]c(=O)c2cc1[N+](=O)[O-]. The lowest BCUT2D eigenvalue weighted by Crippen LogP contribution is -2.13. The second-order valence-electron chi connectivity index (χ2n) is 4.63. The summed E-state index contributed by atoms with van der Waals surface area (Å²) in [5, 5.41) is 21.1. The van der Waals surface area contributed by atoms with E-state index in [9.17, 15) is 20.0 Å². The highest BCUT2D eigenvalue weighted by Crippen LogP contribution is 2.24. The predicted molar refractivity (Wildman–Crippen MR) is 73.6 cm³/mol. The van der Waals surface area contributed by atoms with Gasteiger partial charge in [0.1, 0.15) is 0 Å². The molecule has 106 valence electrons. The standard InChI is InChI=1S/C13H15N3O4/c1-2-3-9(17)4-8-5-11-10(6-12(8)16(19)20)13(18)15-7-14-11/h5-7,9,17H,2-4H2,1H3,(H,14,15,18). The number of aliphatic hydroxyl groups excluding tert-OH is 1. The molecule has 0 spiro atoms. The first kappa shape index (κ1) is 14.1. The number of fused-ring (bicyclic) bond motifs is 1. The van der Waals surface area contributed by atoms with Crippen molar-refractivity contribution in [2.24, 2.45) is 0 Å². The first-order chi connectivity index (χ1) is 9.52. The van der Waals surface area contributed by atoms with Gasteiger partial charge >= 0.3 is 0 Å². The maximum absolute atomic E-state index is 11.6. The zero-order valence-electron chi connectivity index (χ0n) is 11.0. The van der Waals surface area contributed by atoms with Crippen LogP contribution >= 0.6 is 0 Å². The summed E-state index contributed by atoms with van der Waals surface area (Å²) < 4.78 is 0. The Hall–Kier alpha value is -2.28. The number of aromatic amines is 1. The number of nitro benzene ring substituents is 1. The van der Waals surface area contributed by atoms with Gasteiger partial charge in [0, 0.05) is 18.1 Å². The molecule has 1 atom stereocenters. The smallest absolute Gasteiger partial charge is 0.273 e. The monoisotopic (exact) mass is 277 g/mol. The minimum atomic E-state index is -0.641. The van der Waals surface area contributed by atoms with Crippen LogP contribution in [0.15, 0.2) is 23.3 Å². The van der Waals surface area contributed by atoms with Crippen LogP contribution in [0.3, 0.4) is 0 Å². The largest absolute Gasteiger partial charge is 0.393 e. The fourth-order valence-electron chi connectivity index (χ4n) is 2.17. The number of rotatable bonds is 5. The second-order valence-corrected chi connectivity index (χ2v) is 4.63. The molecule has 2 aromatic rings. The first-order valence-electron chi connectivity index (χ1n) is 6.35. The topological polar surface area (TPSA) is 109 Å². The van der Waals surface area contributed by atoms with Gasteiger partial charge in [0.25, 0.3) is 11.2 Å². The van der Waals surface area contributed by atoms with E-state index in [-0.39, 0.29) is 17.5 Å². The molecule has 7 nitrogen and oxygen atoms in total. The van der Waals surface area contributed by atoms with Gasteiger partial charge in [-0.1, -0.05) is 13.3 Å². The van der Waals surface area contributed by atoms with Crippen LogP contribution in [0, 0.1) is 10.1 Å². The fourth-order valence-corrected chi connectivity index (χ4v) is 2.17. The number of nitrogens with one attached hydrogen (secondary N) is 1. The quantitative estimate of drug-likeness (QED) is 0.636. The molecule has 0 aliphatic carbocycles. The fraction of sp³-hybridized carbons (Fsp3) is 0.385. The van der Waals surface area contributed by atoms with Gasteiger partial charge in [-0.2, -0.15) is 0 Å². The van der Waals surface area contributed by atoms with Crippen LogP contribution in [0.2, 0.25) is 0 Å². The molecule has 0 aliphatic heterocycles. The van der Waals surface area contributed by atoms with Crippen molar-refractivity contribution < 1.29 is 10.0 Å². The third-order valence-corrected chi connectivity index (χ3v) is 3.11. The van der Waals surface area contributed by atoms with Crippen molar-refractivity contribution in [3.05, 3.63) is 44.5 Å². The molecule has 0 fully saturated rings. The molecule has 2 rings (SSSR count). The van der Waals surface area contributed by atoms with Crippen molar-refractivity contribution in [2.75, 3.05) is 0 Å². The van der Waals surface area contributed by atoms with E-state index >= 15 is 0 Å². The van der Waals surface area contributed by atoms with E-state index in [1.165, 1.54) is 18.5 Å². The lowest BCUT2D eigenvalue weighted by Gasteiger charge is -2.10. The summed E-state index contributed by atoms with van der Waals surface area (Å²) in [6.45, 7) is 1.93. The lowest BCUT2D eigenvalue weighted by atomic mass is 10.0. The molecule has 2 N–H and O–H groups in total. The average Bonchev–Trinajstić information content (AvgIpc) is 2.38. The highest BCUT2D eigenvalue weighted by Gasteiger charge is 2.19. The van der Waals surface area contributed by atoms with E-state index in [1.807, 2.05) is 6.92 Å². The van der Waals surface area contributed by atoms with Gasteiger partial charge in [0.15, 0.2) is 0 Å². The summed E-state index contributed by atoms with van der Waals surface area (Å²) in [6, 6.07) is 2.72.